The minimum absolute atomic E-state index is 0.0417. The Hall–Kier alpha value is 6.47. The third-order valence-electron chi connectivity index (χ3n) is 2.29. The van der Waals surface area contributed by atoms with Crippen LogP contribution in [0.5, 0.6) is 0 Å². The first-order valence-electron chi connectivity index (χ1n) is 7.08. The molecule has 0 amide bonds. The van der Waals surface area contributed by atoms with Crippen LogP contribution in [-0.2, 0) is 0 Å². The van der Waals surface area contributed by atoms with E-state index < -0.39 is 81.6 Å². The van der Waals surface area contributed by atoms with Crippen LogP contribution in [0.1, 0.15) is 0 Å². The van der Waals surface area contributed by atoms with Crippen LogP contribution >= 0.6 is 222 Å². The summed E-state index contributed by atoms with van der Waals surface area (Å²) in [6.07, 6.45) is -5.51. The molecule has 0 fully saturated rings. The Morgan fingerprint density at radius 1 is 0.676 bits per heavy atom. The Labute approximate surface area is 299 Å². The van der Waals surface area contributed by atoms with Gasteiger partial charge in [0.05, 0.1) is 0 Å². The van der Waals surface area contributed by atoms with Crippen molar-refractivity contribution >= 4 is 222 Å². The van der Waals surface area contributed by atoms with Gasteiger partial charge in [-0.3, -0.25) is 0 Å². The van der Waals surface area contributed by atoms with E-state index in [2.05, 4.69) is 47.8 Å². The number of halogens is 21. The van der Waals surface area contributed by atoms with Crippen LogP contribution in [-0.4, -0.2) is 34.9 Å². The van der Waals surface area contributed by atoms with E-state index in [-0.39, 0.29) is 29.6 Å². The summed E-state index contributed by atoms with van der Waals surface area (Å²) in [6, 6.07) is 0. The van der Waals surface area contributed by atoms with Gasteiger partial charge in [0.15, 0.2) is 0 Å². The number of hydrogen-bond donors (Lipinski definition) is 0. The van der Waals surface area contributed by atoms with Gasteiger partial charge in [-0.15, -0.1) is 0 Å². The van der Waals surface area contributed by atoms with Gasteiger partial charge in [0.1, 0.15) is 0 Å². The van der Waals surface area contributed by atoms with Crippen molar-refractivity contribution in [3.63, 3.8) is 0 Å². The molecule has 1 unspecified atom stereocenters. The molecule has 0 aromatic carbocycles. The second-order valence-corrected chi connectivity index (χ2v) is 71.2. The van der Waals surface area contributed by atoms with Crippen molar-refractivity contribution in [1.82, 2.24) is 0 Å². The zero-order valence-corrected chi connectivity index (χ0v) is 35.8. The summed E-state index contributed by atoms with van der Waals surface area (Å²) >= 11 is 23.7. The van der Waals surface area contributed by atoms with E-state index >= 15 is 4.39 Å². The zero-order chi connectivity index (χ0) is 30.4. The van der Waals surface area contributed by atoms with Gasteiger partial charge in [-0.2, -0.15) is 0 Å². The molecule has 1 atom stereocenters. The van der Waals surface area contributed by atoms with Gasteiger partial charge < -0.3 is 0 Å². The Bertz CT molecular complexity index is 770. The van der Waals surface area contributed by atoms with Gasteiger partial charge >= 0.3 is 305 Å². The molecule has 0 N–H and O–H groups in total. The van der Waals surface area contributed by atoms with E-state index in [1.54, 1.807) is 0 Å². The number of rotatable bonds is 11. The fourth-order valence-corrected chi connectivity index (χ4v) is 119. The third-order valence-corrected chi connectivity index (χ3v) is 90.5. The zero-order valence-electron chi connectivity index (χ0n) is 15.8. The molecule has 0 saturated heterocycles. The van der Waals surface area contributed by atoms with Crippen LogP contribution in [0.4, 0.5) is 48.3 Å². The second kappa shape index (κ2) is 14.3. The summed E-state index contributed by atoms with van der Waals surface area (Å²) in [7, 11) is -1.93. The van der Waals surface area contributed by atoms with Crippen LogP contribution in [0.15, 0.2) is 0 Å². The average Bonchev–Trinajstić information content (AvgIpc) is 2.44. The molecule has 0 nitrogen and oxygen atoms in total. The first-order valence-corrected chi connectivity index (χ1v) is 30.5. The molecule has 0 bridgehead atoms. The Morgan fingerprint density at radius 2 is 1.11 bits per heavy atom. The van der Waals surface area contributed by atoms with Gasteiger partial charge in [-0.1, -0.05) is 0 Å². The average molecular weight is 1310 g/mol. The number of alkyl halides is 21. The molecular weight excluding hydrogens is 1300 g/mol. The van der Waals surface area contributed by atoms with Crippen molar-refractivity contribution in [1.29, 1.82) is 0 Å². The summed E-state index contributed by atoms with van der Waals surface area (Å²) in [5, 5.41) is -5.82. The van der Waals surface area contributed by atoms with E-state index in [1.807, 2.05) is 0 Å². The van der Waals surface area contributed by atoms with Crippen molar-refractivity contribution in [3.8, 4) is 0 Å². The summed E-state index contributed by atoms with van der Waals surface area (Å²) in [6.45, 7) is 0. The molecule has 0 saturated carbocycles. The van der Waals surface area contributed by atoms with Crippen LogP contribution in [0.2, 0.25) is 0 Å². The molecule has 228 valence electrons. The van der Waals surface area contributed by atoms with Crippen LogP contribution in [0.3, 0.4) is 0 Å². The van der Waals surface area contributed by atoms with Crippen LogP contribution < -0.4 is 0 Å². The Morgan fingerprint density at radius 3 is 1.41 bits per heavy atom. The van der Waals surface area contributed by atoms with Crippen molar-refractivity contribution in [2.45, 2.75) is 28.7 Å². The summed E-state index contributed by atoms with van der Waals surface area (Å²) in [4.78, 5) is 0. The van der Waals surface area contributed by atoms with Crippen molar-refractivity contribution in [2.24, 2.45) is 0 Å². The maximum absolute atomic E-state index is 15.2. The van der Waals surface area contributed by atoms with Gasteiger partial charge in [-0.25, -0.2) is 0 Å². The van der Waals surface area contributed by atoms with Crippen molar-refractivity contribution in [3.05, 3.63) is 0 Å². The standard InChI is InChI=1S/C9H3Br3Cl4F11I3S7/c1-31-8(26,27)37-30(34-4(10,11)12,35-5(13,14)15,36-7(23,24)25)9(28,29)33-6(16,22)32-3(20,21)2(17,18)19/h1H3. The first-order chi connectivity index (χ1) is 15.6. The molecular formula is C9H3Br3Cl4F11I3S7. The van der Waals surface area contributed by atoms with Crippen molar-refractivity contribution < 1.29 is 48.3 Å². The summed E-state index contributed by atoms with van der Waals surface area (Å²) in [5.41, 5.74) is -5.42. The van der Waals surface area contributed by atoms with E-state index in [0.717, 1.165) is 51.4 Å². The first kappa shape index (κ1) is 43.5. The Kier molecular flexibility index (Phi) is 16.8. The van der Waals surface area contributed by atoms with Gasteiger partial charge in [-0.05, 0) is 0 Å². The second-order valence-electron chi connectivity index (χ2n) is 5.13. The van der Waals surface area contributed by atoms with E-state index in [1.165, 1.54) is 0 Å². The SMILES string of the molecule is CSC(F)(F)SI(SC(F)(F)F)(SC(Cl)(Cl)Cl)(SC(Br)(Br)Br)C(I)(I)SC(F)(Cl)SC(F)(F)C(F)(F)F. The quantitative estimate of drug-likeness (QED) is 0.0864. The van der Waals surface area contributed by atoms with Gasteiger partial charge in [0.2, 0.25) is 0 Å². The minimum atomic E-state index is -7.00. The van der Waals surface area contributed by atoms with Crippen molar-refractivity contribution in [2.75, 3.05) is 6.26 Å². The molecule has 0 aromatic heterocycles. The molecule has 28 heteroatoms. The number of thioether (sulfide) groups is 3. The van der Waals surface area contributed by atoms with Crippen LogP contribution in [0.25, 0.3) is 0 Å². The molecule has 0 aromatic rings. The molecule has 0 aliphatic carbocycles. The molecule has 37 heavy (non-hydrogen) atoms. The maximum atomic E-state index is 15.2. The van der Waals surface area contributed by atoms with E-state index in [4.69, 9.17) is 46.4 Å². The fraction of sp³-hybridized carbons (Fsp3) is 1.00. The predicted molar refractivity (Wildman–Crippen MR) is 185 cm³/mol. The third kappa shape index (κ3) is 14.0. The molecule has 0 aliphatic heterocycles. The topological polar surface area (TPSA) is 0 Å². The molecule has 0 spiro atoms. The van der Waals surface area contributed by atoms with Gasteiger partial charge in [0, 0.05) is 0 Å². The molecule has 0 rings (SSSR count). The monoisotopic (exact) mass is 1300 g/mol. The summed E-state index contributed by atoms with van der Waals surface area (Å²) < 4.78 is 137. The van der Waals surface area contributed by atoms with E-state index in [0.29, 0.717) is 0 Å². The summed E-state index contributed by atoms with van der Waals surface area (Å²) in [5.74, 6) is 0. The van der Waals surface area contributed by atoms with E-state index in [9.17, 15) is 43.9 Å². The van der Waals surface area contributed by atoms with Crippen LogP contribution in [0, 0.1) is 0 Å². The Balaban J connectivity index is 7.57. The molecule has 0 aliphatic rings. The molecule has 0 radical (unpaired) electrons. The normalized spacial score (nSPS) is 18.4. The van der Waals surface area contributed by atoms with Gasteiger partial charge in [0.25, 0.3) is 0 Å². The molecule has 0 heterocycles. The number of hydrogen-bond acceptors (Lipinski definition) is 7. The fourth-order valence-electron chi connectivity index (χ4n) is 1.34. The predicted octanol–water partition coefficient (Wildman–Crippen LogP) is 15.6.